The second-order valence-electron chi connectivity index (χ2n) is 4.02. The molecule has 0 saturated heterocycles. The summed E-state index contributed by atoms with van der Waals surface area (Å²) >= 11 is 1.83. The van der Waals surface area contributed by atoms with Crippen molar-refractivity contribution in [3.8, 4) is 0 Å². The van der Waals surface area contributed by atoms with Gasteiger partial charge in [-0.25, -0.2) is 4.98 Å². The third-order valence-corrected chi connectivity index (χ3v) is 3.47. The van der Waals surface area contributed by atoms with E-state index in [9.17, 15) is 0 Å². The van der Waals surface area contributed by atoms with Gasteiger partial charge in [-0.3, -0.25) is 0 Å². The van der Waals surface area contributed by atoms with Gasteiger partial charge < -0.3 is 5.73 Å². The Bertz CT molecular complexity index is 282. The van der Waals surface area contributed by atoms with Crippen LogP contribution >= 0.6 is 11.8 Å². The van der Waals surface area contributed by atoms with Gasteiger partial charge in [0.15, 0.2) is 0 Å². The van der Waals surface area contributed by atoms with Crippen molar-refractivity contribution in [2.45, 2.75) is 49.9 Å². The van der Waals surface area contributed by atoms with E-state index in [4.69, 9.17) is 5.73 Å². The van der Waals surface area contributed by atoms with Gasteiger partial charge in [-0.2, -0.15) is 0 Å². The van der Waals surface area contributed by atoms with E-state index in [0.717, 1.165) is 11.4 Å². The number of thioether (sulfide) groups is 1. The number of hydrogen-bond acceptors (Lipinski definition) is 3. The van der Waals surface area contributed by atoms with Crippen LogP contribution in [-0.2, 0) is 6.42 Å². The molecule has 0 fully saturated rings. The SMILES string of the molecule is CCC(C)Sc1ccc(CC(C)N)cn1. The van der Waals surface area contributed by atoms with Crippen molar-refractivity contribution in [2.75, 3.05) is 0 Å². The molecule has 1 rings (SSSR count). The predicted octanol–water partition coefficient (Wildman–Crippen LogP) is 2.86. The standard InChI is InChI=1S/C12H20N2S/c1-4-10(3)15-12-6-5-11(8-14-12)7-9(2)13/h5-6,8-10H,4,7,13H2,1-3H3. The lowest BCUT2D eigenvalue weighted by atomic mass is 10.1. The van der Waals surface area contributed by atoms with E-state index in [1.807, 2.05) is 24.9 Å². The first kappa shape index (κ1) is 12.5. The smallest absolute Gasteiger partial charge is 0.0962 e. The Morgan fingerprint density at radius 3 is 2.60 bits per heavy atom. The first-order valence-electron chi connectivity index (χ1n) is 5.49. The average molecular weight is 224 g/mol. The minimum absolute atomic E-state index is 0.208. The molecule has 2 N–H and O–H groups in total. The van der Waals surface area contributed by atoms with Crippen LogP contribution in [0.2, 0.25) is 0 Å². The molecule has 0 radical (unpaired) electrons. The second kappa shape index (κ2) is 6.13. The molecule has 0 amide bonds. The topological polar surface area (TPSA) is 38.9 Å². The zero-order chi connectivity index (χ0) is 11.3. The maximum Gasteiger partial charge on any atom is 0.0962 e. The van der Waals surface area contributed by atoms with Crippen LogP contribution in [0.4, 0.5) is 0 Å². The van der Waals surface area contributed by atoms with Crippen LogP contribution in [0.1, 0.15) is 32.8 Å². The Kier molecular flexibility index (Phi) is 5.12. The molecule has 2 nitrogen and oxygen atoms in total. The number of rotatable bonds is 5. The molecule has 0 aliphatic rings. The van der Waals surface area contributed by atoms with Gasteiger partial charge in [-0.1, -0.05) is 19.9 Å². The second-order valence-corrected chi connectivity index (χ2v) is 5.48. The molecule has 1 heterocycles. The van der Waals surface area contributed by atoms with Crippen molar-refractivity contribution in [3.05, 3.63) is 23.9 Å². The number of hydrogen-bond donors (Lipinski definition) is 1. The lowest BCUT2D eigenvalue weighted by Gasteiger charge is -2.08. The fourth-order valence-electron chi connectivity index (χ4n) is 1.26. The molecule has 15 heavy (non-hydrogen) atoms. The molecule has 3 heteroatoms. The van der Waals surface area contributed by atoms with E-state index < -0.39 is 0 Å². The van der Waals surface area contributed by atoms with Crippen LogP contribution in [0.5, 0.6) is 0 Å². The molecular formula is C12H20N2S. The van der Waals surface area contributed by atoms with Crippen LogP contribution < -0.4 is 5.73 Å². The normalized spacial score (nSPS) is 14.9. The van der Waals surface area contributed by atoms with E-state index in [-0.39, 0.29) is 6.04 Å². The van der Waals surface area contributed by atoms with Gasteiger partial charge in [-0.05, 0) is 31.4 Å². The highest BCUT2D eigenvalue weighted by Gasteiger charge is 2.03. The van der Waals surface area contributed by atoms with E-state index in [1.165, 1.54) is 12.0 Å². The fourth-order valence-corrected chi connectivity index (χ4v) is 2.10. The van der Waals surface area contributed by atoms with Crippen LogP contribution in [0.25, 0.3) is 0 Å². The molecule has 84 valence electrons. The third-order valence-electron chi connectivity index (χ3n) is 2.25. The Morgan fingerprint density at radius 2 is 2.13 bits per heavy atom. The molecule has 0 aliphatic heterocycles. The van der Waals surface area contributed by atoms with Gasteiger partial charge in [0, 0.05) is 17.5 Å². The lowest BCUT2D eigenvalue weighted by Crippen LogP contribution is -2.17. The lowest BCUT2D eigenvalue weighted by molar-refractivity contribution is 0.734. The van der Waals surface area contributed by atoms with Crippen molar-refractivity contribution in [2.24, 2.45) is 5.73 Å². The summed E-state index contributed by atoms with van der Waals surface area (Å²) in [6, 6.07) is 4.43. The highest BCUT2D eigenvalue weighted by Crippen LogP contribution is 2.22. The molecule has 0 bridgehead atoms. The number of nitrogens with zero attached hydrogens (tertiary/aromatic N) is 1. The van der Waals surface area contributed by atoms with Crippen LogP contribution in [0.15, 0.2) is 23.4 Å². The third kappa shape index (κ3) is 4.67. The Labute approximate surface area is 96.7 Å². The van der Waals surface area contributed by atoms with Crippen molar-refractivity contribution < 1.29 is 0 Å². The minimum Gasteiger partial charge on any atom is -0.328 e. The van der Waals surface area contributed by atoms with Crippen molar-refractivity contribution in [1.29, 1.82) is 0 Å². The molecule has 2 atom stereocenters. The van der Waals surface area contributed by atoms with Gasteiger partial charge in [0.05, 0.1) is 5.03 Å². The maximum absolute atomic E-state index is 5.73. The number of nitrogens with two attached hydrogens (primary N) is 1. The molecule has 0 aromatic carbocycles. The highest BCUT2D eigenvalue weighted by molar-refractivity contribution is 7.99. The number of pyridine rings is 1. The van der Waals surface area contributed by atoms with E-state index in [1.54, 1.807) is 0 Å². The molecule has 2 unspecified atom stereocenters. The minimum atomic E-state index is 0.208. The van der Waals surface area contributed by atoms with Crippen molar-refractivity contribution >= 4 is 11.8 Å². The summed E-state index contributed by atoms with van der Waals surface area (Å²) in [6.45, 7) is 6.44. The number of aromatic nitrogens is 1. The molecule has 0 saturated carbocycles. The monoisotopic (exact) mass is 224 g/mol. The first-order chi connectivity index (χ1) is 7.11. The van der Waals surface area contributed by atoms with E-state index >= 15 is 0 Å². The summed E-state index contributed by atoms with van der Waals surface area (Å²) in [6.07, 6.45) is 4.02. The molecule has 0 aliphatic carbocycles. The average Bonchev–Trinajstić information content (AvgIpc) is 2.20. The zero-order valence-electron chi connectivity index (χ0n) is 9.73. The molecular weight excluding hydrogens is 204 g/mol. The molecule has 1 aromatic rings. The summed E-state index contributed by atoms with van der Waals surface area (Å²) in [5.74, 6) is 0. The summed E-state index contributed by atoms with van der Waals surface area (Å²) in [7, 11) is 0. The Balaban J connectivity index is 2.56. The Morgan fingerprint density at radius 1 is 1.40 bits per heavy atom. The van der Waals surface area contributed by atoms with Gasteiger partial charge in [0.25, 0.3) is 0 Å². The molecule has 1 aromatic heterocycles. The van der Waals surface area contributed by atoms with Gasteiger partial charge in [0.2, 0.25) is 0 Å². The molecule has 0 spiro atoms. The summed E-state index contributed by atoms with van der Waals surface area (Å²) in [5, 5.41) is 1.74. The van der Waals surface area contributed by atoms with Gasteiger partial charge in [-0.15, -0.1) is 11.8 Å². The van der Waals surface area contributed by atoms with Crippen LogP contribution in [-0.4, -0.2) is 16.3 Å². The van der Waals surface area contributed by atoms with Gasteiger partial charge in [0.1, 0.15) is 0 Å². The zero-order valence-corrected chi connectivity index (χ0v) is 10.6. The van der Waals surface area contributed by atoms with Crippen LogP contribution in [0, 0.1) is 0 Å². The quantitative estimate of drug-likeness (QED) is 0.782. The largest absolute Gasteiger partial charge is 0.328 e. The summed E-state index contributed by atoms with van der Waals surface area (Å²) < 4.78 is 0. The van der Waals surface area contributed by atoms with Gasteiger partial charge >= 0.3 is 0 Å². The van der Waals surface area contributed by atoms with E-state index in [2.05, 4.69) is 31.0 Å². The van der Waals surface area contributed by atoms with Crippen molar-refractivity contribution in [3.63, 3.8) is 0 Å². The highest BCUT2D eigenvalue weighted by atomic mass is 32.2. The first-order valence-corrected chi connectivity index (χ1v) is 6.37. The summed E-state index contributed by atoms with van der Waals surface area (Å²) in [5.41, 5.74) is 6.95. The predicted molar refractivity (Wildman–Crippen MR) is 67.2 cm³/mol. The van der Waals surface area contributed by atoms with E-state index in [0.29, 0.717) is 5.25 Å². The fraction of sp³-hybridized carbons (Fsp3) is 0.583. The van der Waals surface area contributed by atoms with Crippen LogP contribution in [0.3, 0.4) is 0 Å². The Hall–Kier alpha value is -0.540. The van der Waals surface area contributed by atoms with Crippen molar-refractivity contribution in [1.82, 2.24) is 4.98 Å². The maximum atomic E-state index is 5.73. The summed E-state index contributed by atoms with van der Waals surface area (Å²) in [4.78, 5) is 4.43.